The van der Waals surface area contributed by atoms with Gasteiger partial charge in [0.15, 0.2) is 0 Å². The molecule has 0 amide bonds. The molecule has 0 saturated carbocycles. The van der Waals surface area contributed by atoms with Crippen LogP contribution in [0.3, 0.4) is 0 Å². The highest BCUT2D eigenvalue weighted by atomic mass is 13.9. The van der Waals surface area contributed by atoms with Crippen molar-refractivity contribution < 1.29 is 0 Å². The third kappa shape index (κ3) is 11.5. The monoisotopic (exact) mass is 193 g/mol. The highest BCUT2D eigenvalue weighted by Gasteiger charge is 1.87. The standard InChI is InChI=1S/C14H25/c1-3-5-7-9-11-13-14-12-10-8-6-4-2/h5,7,9,11H,1,3-4,6,8,10,12-14H2,2H3/b7-5-,11-9-. The summed E-state index contributed by atoms with van der Waals surface area (Å²) in [4.78, 5) is 0. The lowest BCUT2D eigenvalue weighted by atomic mass is 10.1. The van der Waals surface area contributed by atoms with E-state index in [1.54, 1.807) is 0 Å². The van der Waals surface area contributed by atoms with Gasteiger partial charge in [-0.3, -0.25) is 0 Å². The average molecular weight is 193 g/mol. The molecule has 0 aromatic heterocycles. The summed E-state index contributed by atoms with van der Waals surface area (Å²) in [5.41, 5.74) is 0. The predicted molar refractivity (Wildman–Crippen MR) is 66.2 cm³/mol. The zero-order chi connectivity index (χ0) is 10.5. The van der Waals surface area contributed by atoms with Crippen molar-refractivity contribution in [1.82, 2.24) is 0 Å². The quantitative estimate of drug-likeness (QED) is 0.354. The lowest BCUT2D eigenvalue weighted by Gasteiger charge is -1.97. The summed E-state index contributed by atoms with van der Waals surface area (Å²) in [6.45, 7) is 6.00. The minimum atomic E-state index is 0.890. The topological polar surface area (TPSA) is 0 Å². The molecule has 0 spiro atoms. The van der Waals surface area contributed by atoms with Crippen LogP contribution in [0.4, 0.5) is 0 Å². The van der Waals surface area contributed by atoms with Gasteiger partial charge in [-0.25, -0.2) is 0 Å². The minimum Gasteiger partial charge on any atom is -0.0845 e. The highest BCUT2D eigenvalue weighted by molar-refractivity contribution is 5.02. The number of hydrogen-bond donors (Lipinski definition) is 0. The van der Waals surface area contributed by atoms with Gasteiger partial charge in [-0.1, -0.05) is 63.3 Å². The molecule has 0 atom stereocenters. The van der Waals surface area contributed by atoms with E-state index in [0.29, 0.717) is 0 Å². The van der Waals surface area contributed by atoms with Crippen LogP contribution >= 0.6 is 0 Å². The summed E-state index contributed by atoms with van der Waals surface area (Å²) in [5, 5.41) is 0. The minimum absolute atomic E-state index is 0.890. The van der Waals surface area contributed by atoms with Crippen molar-refractivity contribution in [2.24, 2.45) is 0 Å². The zero-order valence-corrected chi connectivity index (χ0v) is 9.67. The molecule has 0 aromatic rings. The Hall–Kier alpha value is -0.520. The molecular formula is C14H25. The van der Waals surface area contributed by atoms with Gasteiger partial charge in [-0.2, -0.15) is 0 Å². The number of unbranched alkanes of at least 4 members (excludes halogenated alkanes) is 6. The van der Waals surface area contributed by atoms with Gasteiger partial charge in [0.25, 0.3) is 0 Å². The molecule has 0 N–H and O–H groups in total. The summed E-state index contributed by atoms with van der Waals surface area (Å²) in [6, 6.07) is 0. The first-order valence-electron chi connectivity index (χ1n) is 6.02. The van der Waals surface area contributed by atoms with E-state index in [0.717, 1.165) is 6.42 Å². The molecule has 0 aliphatic heterocycles. The van der Waals surface area contributed by atoms with Crippen molar-refractivity contribution in [3.05, 3.63) is 31.2 Å². The fourth-order valence-corrected chi connectivity index (χ4v) is 1.39. The third-order valence-corrected chi connectivity index (χ3v) is 2.27. The Kier molecular flexibility index (Phi) is 12.0. The Morgan fingerprint density at radius 2 is 1.50 bits per heavy atom. The lowest BCUT2D eigenvalue weighted by molar-refractivity contribution is 0.611. The van der Waals surface area contributed by atoms with E-state index >= 15 is 0 Å². The van der Waals surface area contributed by atoms with Crippen LogP contribution in [0.15, 0.2) is 24.3 Å². The van der Waals surface area contributed by atoms with E-state index < -0.39 is 0 Å². The fraction of sp³-hybridized carbons (Fsp3) is 0.643. The Labute approximate surface area is 90.1 Å². The largest absolute Gasteiger partial charge is 0.0845 e. The molecule has 0 nitrogen and oxygen atoms in total. The first-order valence-corrected chi connectivity index (χ1v) is 6.02. The van der Waals surface area contributed by atoms with E-state index in [4.69, 9.17) is 0 Å². The van der Waals surface area contributed by atoms with Crippen molar-refractivity contribution in [2.45, 2.75) is 58.3 Å². The van der Waals surface area contributed by atoms with Crippen LogP contribution < -0.4 is 0 Å². The van der Waals surface area contributed by atoms with Crippen molar-refractivity contribution >= 4 is 0 Å². The summed E-state index contributed by atoms with van der Waals surface area (Å²) in [7, 11) is 0. The van der Waals surface area contributed by atoms with E-state index in [9.17, 15) is 0 Å². The number of hydrogen-bond acceptors (Lipinski definition) is 0. The fourth-order valence-electron chi connectivity index (χ4n) is 1.39. The molecule has 0 unspecified atom stereocenters. The second-order valence-electron chi connectivity index (χ2n) is 3.70. The zero-order valence-electron chi connectivity index (χ0n) is 9.67. The molecule has 0 fully saturated rings. The van der Waals surface area contributed by atoms with Gasteiger partial charge in [0.1, 0.15) is 0 Å². The van der Waals surface area contributed by atoms with Gasteiger partial charge in [0.2, 0.25) is 0 Å². The Morgan fingerprint density at radius 3 is 2.21 bits per heavy atom. The average Bonchev–Trinajstić information content (AvgIpc) is 2.21. The van der Waals surface area contributed by atoms with Crippen LogP contribution in [-0.4, -0.2) is 0 Å². The summed E-state index contributed by atoms with van der Waals surface area (Å²) in [6.07, 6.45) is 19.0. The molecule has 0 saturated heterocycles. The van der Waals surface area contributed by atoms with Crippen LogP contribution in [0.25, 0.3) is 0 Å². The smallest absolute Gasteiger partial charge is 0.0347 e. The Morgan fingerprint density at radius 1 is 0.857 bits per heavy atom. The van der Waals surface area contributed by atoms with Crippen molar-refractivity contribution in [1.29, 1.82) is 0 Å². The summed E-state index contributed by atoms with van der Waals surface area (Å²) < 4.78 is 0. The number of rotatable bonds is 9. The van der Waals surface area contributed by atoms with Gasteiger partial charge in [-0.15, -0.1) is 0 Å². The first kappa shape index (κ1) is 13.5. The molecule has 0 heteroatoms. The van der Waals surface area contributed by atoms with E-state index in [1.807, 2.05) is 0 Å². The molecular weight excluding hydrogens is 168 g/mol. The molecule has 81 valence electrons. The van der Waals surface area contributed by atoms with Crippen LogP contribution in [0.5, 0.6) is 0 Å². The molecule has 0 aromatic carbocycles. The van der Waals surface area contributed by atoms with Crippen LogP contribution in [0.2, 0.25) is 0 Å². The molecule has 0 aliphatic carbocycles. The SMILES string of the molecule is [CH2]C/C=C\C=C/CCCCCCCC. The lowest BCUT2D eigenvalue weighted by Crippen LogP contribution is -1.77. The van der Waals surface area contributed by atoms with Crippen molar-refractivity contribution in [3.63, 3.8) is 0 Å². The van der Waals surface area contributed by atoms with Gasteiger partial charge in [0.05, 0.1) is 0 Å². The molecule has 0 heterocycles. The van der Waals surface area contributed by atoms with Crippen LogP contribution in [-0.2, 0) is 0 Å². The predicted octanol–water partition coefficient (Wildman–Crippen LogP) is 5.07. The maximum atomic E-state index is 3.74. The molecule has 0 aliphatic rings. The second-order valence-corrected chi connectivity index (χ2v) is 3.70. The highest BCUT2D eigenvalue weighted by Crippen LogP contribution is 2.07. The van der Waals surface area contributed by atoms with Gasteiger partial charge in [-0.05, 0) is 26.2 Å². The van der Waals surface area contributed by atoms with Gasteiger partial charge < -0.3 is 0 Å². The molecule has 1 radical (unpaired) electrons. The number of allylic oxidation sites excluding steroid dienone is 4. The van der Waals surface area contributed by atoms with Gasteiger partial charge >= 0.3 is 0 Å². The second kappa shape index (κ2) is 12.5. The van der Waals surface area contributed by atoms with E-state index in [-0.39, 0.29) is 0 Å². The summed E-state index contributed by atoms with van der Waals surface area (Å²) in [5.74, 6) is 0. The first-order chi connectivity index (χ1) is 6.91. The molecule has 14 heavy (non-hydrogen) atoms. The maximum absolute atomic E-state index is 3.74. The van der Waals surface area contributed by atoms with Crippen molar-refractivity contribution in [3.8, 4) is 0 Å². The van der Waals surface area contributed by atoms with Crippen LogP contribution in [0.1, 0.15) is 58.3 Å². The third-order valence-electron chi connectivity index (χ3n) is 2.27. The van der Waals surface area contributed by atoms with Crippen LogP contribution in [0, 0.1) is 6.92 Å². The summed E-state index contributed by atoms with van der Waals surface area (Å²) >= 11 is 0. The Balaban J connectivity index is 3.05. The Bertz CT molecular complexity index is 142. The normalized spacial score (nSPS) is 11.9. The maximum Gasteiger partial charge on any atom is -0.0347 e. The van der Waals surface area contributed by atoms with Gasteiger partial charge in [0, 0.05) is 0 Å². The van der Waals surface area contributed by atoms with Crippen molar-refractivity contribution in [2.75, 3.05) is 0 Å². The molecule has 0 bridgehead atoms. The molecule has 0 rings (SSSR count). The van der Waals surface area contributed by atoms with E-state index in [2.05, 4.69) is 38.2 Å². The van der Waals surface area contributed by atoms with E-state index in [1.165, 1.54) is 44.9 Å².